The molecule has 0 saturated carbocycles. The molecule has 0 unspecified atom stereocenters. The molecule has 3 heterocycles. The SMILES string of the molecule is C=N/C(=C\C=C/C)c1cc(-c2cccc(-c3nc(-c4ccccc4)c(-c4ccccc4)nc3-c3ccc4ccccc4c3)c2)cc(-c2ccccn2)n1. The topological polar surface area (TPSA) is 63.9 Å². The van der Waals surface area contributed by atoms with Gasteiger partial charge in [0.25, 0.3) is 0 Å². The first kappa shape index (κ1) is 33.1. The van der Waals surface area contributed by atoms with Crippen molar-refractivity contribution in [2.75, 3.05) is 0 Å². The molecule has 0 radical (unpaired) electrons. The molecule has 5 nitrogen and oxygen atoms in total. The number of benzene rings is 5. The van der Waals surface area contributed by atoms with Crippen molar-refractivity contribution in [1.82, 2.24) is 19.9 Å². The van der Waals surface area contributed by atoms with Crippen LogP contribution in [0.4, 0.5) is 0 Å². The van der Waals surface area contributed by atoms with E-state index in [2.05, 4.69) is 120 Å². The Kier molecular flexibility index (Phi) is 9.36. The summed E-state index contributed by atoms with van der Waals surface area (Å²) in [6.45, 7) is 5.81. The highest BCUT2D eigenvalue weighted by Crippen LogP contribution is 2.39. The van der Waals surface area contributed by atoms with Crippen LogP contribution in [0.5, 0.6) is 0 Å². The number of pyridine rings is 2. The van der Waals surface area contributed by atoms with E-state index in [0.29, 0.717) is 11.4 Å². The Hall–Kier alpha value is -7.11. The Morgan fingerprint density at radius 2 is 1.09 bits per heavy atom. The fraction of sp³-hybridized carbons (Fsp3) is 0.0208. The van der Waals surface area contributed by atoms with Crippen molar-refractivity contribution in [3.05, 3.63) is 188 Å². The normalized spacial score (nSPS) is 11.6. The largest absolute Gasteiger partial charge is 0.262 e. The molecule has 0 saturated heterocycles. The van der Waals surface area contributed by atoms with E-state index in [0.717, 1.165) is 72.9 Å². The van der Waals surface area contributed by atoms with Crippen molar-refractivity contribution in [1.29, 1.82) is 0 Å². The summed E-state index contributed by atoms with van der Waals surface area (Å²) in [6, 6.07) is 54.0. The van der Waals surface area contributed by atoms with Crippen LogP contribution in [0.25, 0.3) is 84.0 Å². The second-order valence-electron chi connectivity index (χ2n) is 12.6. The molecule has 0 N–H and O–H groups in total. The van der Waals surface area contributed by atoms with Crippen molar-refractivity contribution in [2.45, 2.75) is 6.92 Å². The van der Waals surface area contributed by atoms with Crippen LogP contribution < -0.4 is 0 Å². The Bertz CT molecular complexity index is 2630. The number of hydrogen-bond acceptors (Lipinski definition) is 5. The number of rotatable bonds is 9. The number of aromatic nitrogens is 4. The van der Waals surface area contributed by atoms with Gasteiger partial charge in [-0.1, -0.05) is 133 Å². The van der Waals surface area contributed by atoms with Gasteiger partial charge in [-0.3, -0.25) is 9.98 Å². The highest BCUT2D eigenvalue weighted by Gasteiger charge is 2.20. The molecule has 0 bridgehead atoms. The van der Waals surface area contributed by atoms with Crippen LogP contribution in [-0.4, -0.2) is 26.7 Å². The Labute approximate surface area is 309 Å². The van der Waals surface area contributed by atoms with Gasteiger partial charge in [0, 0.05) is 28.5 Å². The van der Waals surface area contributed by atoms with Gasteiger partial charge in [0.05, 0.1) is 45.6 Å². The van der Waals surface area contributed by atoms with Gasteiger partial charge in [-0.2, -0.15) is 0 Å². The summed E-state index contributed by atoms with van der Waals surface area (Å²) in [5.41, 5.74) is 12.1. The lowest BCUT2D eigenvalue weighted by atomic mass is 9.95. The van der Waals surface area contributed by atoms with Crippen molar-refractivity contribution in [3.8, 4) is 67.5 Å². The molecule has 5 aromatic carbocycles. The number of fused-ring (bicyclic) bond motifs is 1. The average Bonchev–Trinajstić information content (AvgIpc) is 3.24. The van der Waals surface area contributed by atoms with Gasteiger partial charge in [0.15, 0.2) is 0 Å². The van der Waals surface area contributed by atoms with E-state index >= 15 is 0 Å². The van der Waals surface area contributed by atoms with Gasteiger partial charge in [-0.05, 0) is 78.0 Å². The first-order valence-electron chi connectivity index (χ1n) is 17.5. The monoisotopic (exact) mass is 681 g/mol. The van der Waals surface area contributed by atoms with Gasteiger partial charge < -0.3 is 0 Å². The smallest absolute Gasteiger partial charge is 0.0973 e. The fourth-order valence-electron chi connectivity index (χ4n) is 6.50. The van der Waals surface area contributed by atoms with E-state index in [4.69, 9.17) is 15.0 Å². The predicted molar refractivity (Wildman–Crippen MR) is 220 cm³/mol. The summed E-state index contributed by atoms with van der Waals surface area (Å²) in [5, 5.41) is 2.31. The summed E-state index contributed by atoms with van der Waals surface area (Å²) in [6.07, 6.45) is 7.60. The van der Waals surface area contributed by atoms with Gasteiger partial charge >= 0.3 is 0 Å². The van der Waals surface area contributed by atoms with E-state index in [-0.39, 0.29) is 0 Å². The minimum absolute atomic E-state index is 0.673. The highest BCUT2D eigenvalue weighted by molar-refractivity contribution is 5.92. The zero-order valence-corrected chi connectivity index (χ0v) is 29.3. The number of allylic oxidation sites excluding steroid dienone is 3. The molecule has 0 aliphatic heterocycles. The van der Waals surface area contributed by atoms with Gasteiger partial charge in [-0.15, -0.1) is 0 Å². The van der Waals surface area contributed by atoms with E-state index < -0.39 is 0 Å². The minimum Gasteiger partial charge on any atom is -0.262 e. The fourth-order valence-corrected chi connectivity index (χ4v) is 6.50. The zero-order chi connectivity index (χ0) is 36.0. The Morgan fingerprint density at radius 1 is 0.491 bits per heavy atom. The van der Waals surface area contributed by atoms with Crippen LogP contribution in [-0.2, 0) is 0 Å². The zero-order valence-electron chi connectivity index (χ0n) is 29.3. The maximum Gasteiger partial charge on any atom is 0.0973 e. The molecule has 0 spiro atoms. The predicted octanol–water partition coefficient (Wildman–Crippen LogP) is 12.0. The molecule has 5 heteroatoms. The molecule has 0 amide bonds. The lowest BCUT2D eigenvalue weighted by Crippen LogP contribution is -2.01. The van der Waals surface area contributed by atoms with Crippen molar-refractivity contribution in [3.63, 3.8) is 0 Å². The van der Waals surface area contributed by atoms with Gasteiger partial charge in [0.1, 0.15) is 0 Å². The standard InChI is InChI=1S/C48H35N5/c1-3-4-24-41(49-2)43-31-40(32-44(51-43)42-25-13-14-28-50-42)37-22-15-23-38(30-37)47-48(39-27-26-33-16-11-12-21-36(33)29-39)53-46(35-19-9-6-10-20-35)45(52-47)34-17-7-5-8-18-34/h3-32H,2H2,1H3/b4-3-,41-24-. The van der Waals surface area contributed by atoms with Crippen molar-refractivity contribution in [2.24, 2.45) is 4.99 Å². The van der Waals surface area contributed by atoms with Gasteiger partial charge in [-0.25, -0.2) is 15.0 Å². The minimum atomic E-state index is 0.673. The molecule has 0 atom stereocenters. The van der Waals surface area contributed by atoms with Crippen LogP contribution >= 0.6 is 0 Å². The molecular formula is C48H35N5. The van der Waals surface area contributed by atoms with Crippen LogP contribution in [0.1, 0.15) is 12.6 Å². The Morgan fingerprint density at radius 3 is 1.75 bits per heavy atom. The summed E-state index contributed by atoms with van der Waals surface area (Å²) in [4.78, 5) is 24.9. The second-order valence-corrected chi connectivity index (χ2v) is 12.6. The molecule has 0 fully saturated rings. The van der Waals surface area contributed by atoms with Crippen LogP contribution in [0.15, 0.2) is 187 Å². The molecular weight excluding hydrogens is 647 g/mol. The first-order valence-corrected chi connectivity index (χ1v) is 17.5. The third-order valence-electron chi connectivity index (χ3n) is 9.11. The molecule has 0 aliphatic carbocycles. The highest BCUT2D eigenvalue weighted by atomic mass is 14.9. The van der Waals surface area contributed by atoms with Gasteiger partial charge in [0.2, 0.25) is 0 Å². The summed E-state index contributed by atoms with van der Waals surface area (Å²) >= 11 is 0. The first-order chi connectivity index (χ1) is 26.2. The maximum absolute atomic E-state index is 5.51. The molecule has 53 heavy (non-hydrogen) atoms. The quantitative estimate of drug-likeness (QED) is 0.112. The lowest BCUT2D eigenvalue weighted by molar-refractivity contribution is 1.21. The molecule has 0 aliphatic rings. The molecule has 3 aromatic heterocycles. The number of aliphatic imine (C=N–C) groups is 1. The number of nitrogens with zero attached hydrogens (tertiary/aromatic N) is 5. The molecule has 8 aromatic rings. The van der Waals surface area contributed by atoms with Crippen molar-refractivity contribution >= 4 is 23.2 Å². The second kappa shape index (κ2) is 15.0. The third kappa shape index (κ3) is 6.96. The van der Waals surface area contributed by atoms with E-state index in [9.17, 15) is 0 Å². The van der Waals surface area contributed by atoms with Crippen molar-refractivity contribution < 1.29 is 0 Å². The van der Waals surface area contributed by atoms with E-state index in [1.165, 1.54) is 5.39 Å². The summed E-state index contributed by atoms with van der Waals surface area (Å²) in [5.74, 6) is 0. The summed E-state index contributed by atoms with van der Waals surface area (Å²) in [7, 11) is 0. The Balaban J connectivity index is 1.37. The molecule has 252 valence electrons. The number of hydrogen-bond donors (Lipinski definition) is 0. The average molecular weight is 682 g/mol. The van der Waals surface area contributed by atoms with E-state index in [1.54, 1.807) is 6.20 Å². The third-order valence-corrected chi connectivity index (χ3v) is 9.11. The van der Waals surface area contributed by atoms with Crippen LogP contribution in [0.2, 0.25) is 0 Å². The van der Waals surface area contributed by atoms with E-state index in [1.807, 2.05) is 79.7 Å². The van der Waals surface area contributed by atoms with Crippen LogP contribution in [0.3, 0.4) is 0 Å². The van der Waals surface area contributed by atoms with Crippen LogP contribution in [0, 0.1) is 0 Å². The summed E-state index contributed by atoms with van der Waals surface area (Å²) < 4.78 is 0. The molecule has 8 rings (SSSR count). The lowest BCUT2D eigenvalue weighted by Gasteiger charge is -2.17. The maximum atomic E-state index is 5.51.